The van der Waals surface area contributed by atoms with Gasteiger partial charge in [-0.3, -0.25) is 9.25 Å². The number of carboxylic acids is 1. The summed E-state index contributed by atoms with van der Waals surface area (Å²) in [6.07, 6.45) is 6.07. The number of hydrogen-bond donors (Lipinski definition) is 1. The summed E-state index contributed by atoms with van der Waals surface area (Å²) < 4.78 is 3.50. The van der Waals surface area contributed by atoms with Gasteiger partial charge in [-0.15, -0.1) is 0 Å². The van der Waals surface area contributed by atoms with Gasteiger partial charge < -0.3 is 5.11 Å². The van der Waals surface area contributed by atoms with Crippen molar-refractivity contribution in [2.75, 3.05) is 0 Å². The molecule has 0 fully saturated rings. The van der Waals surface area contributed by atoms with Crippen molar-refractivity contribution in [3.63, 3.8) is 0 Å². The lowest BCUT2D eigenvalue weighted by Crippen LogP contribution is -2.03. The highest BCUT2D eigenvalue weighted by molar-refractivity contribution is 6.35. The number of fused-ring (bicyclic) bond motifs is 1. The molecule has 0 aromatic carbocycles. The first-order chi connectivity index (χ1) is 10.5. The van der Waals surface area contributed by atoms with E-state index in [2.05, 4.69) is 10.1 Å². The first kappa shape index (κ1) is 14.3. The van der Waals surface area contributed by atoms with Gasteiger partial charge >= 0.3 is 5.97 Å². The van der Waals surface area contributed by atoms with Crippen LogP contribution in [0.1, 0.15) is 11.3 Å². The van der Waals surface area contributed by atoms with Crippen molar-refractivity contribution in [3.05, 3.63) is 46.9 Å². The normalized spacial score (nSPS) is 11.6. The van der Waals surface area contributed by atoms with Crippen LogP contribution in [0.15, 0.2) is 30.6 Å². The highest BCUT2D eigenvalue weighted by Gasteiger charge is 2.17. The molecule has 0 aliphatic carbocycles. The minimum absolute atomic E-state index is 0.579. The SMILES string of the molecule is Cc1nn(C)c(-n2cc(Cl)c3cccnc32)c1C=CC(=O)O. The summed E-state index contributed by atoms with van der Waals surface area (Å²) in [5.74, 6) is -0.298. The smallest absolute Gasteiger partial charge is 0.328 e. The molecule has 0 spiro atoms. The lowest BCUT2D eigenvalue weighted by Gasteiger charge is -2.06. The van der Waals surface area contributed by atoms with E-state index >= 15 is 0 Å². The second-order valence-electron chi connectivity index (χ2n) is 4.84. The number of pyridine rings is 1. The number of aryl methyl sites for hydroxylation is 2. The standard InChI is InChI=1S/C15H13ClN4O2/c1-9-10(5-6-13(21)22)15(19(2)18-9)20-8-12(16)11-4-3-7-17-14(11)20/h3-8H,1-2H3,(H,21,22). The molecule has 0 amide bonds. The Morgan fingerprint density at radius 1 is 1.45 bits per heavy atom. The molecule has 0 saturated heterocycles. The van der Waals surface area contributed by atoms with Gasteiger partial charge in [0.2, 0.25) is 0 Å². The predicted molar refractivity (Wildman–Crippen MR) is 84.3 cm³/mol. The van der Waals surface area contributed by atoms with Crippen molar-refractivity contribution >= 4 is 34.7 Å². The number of carboxylic acid groups (broad SMARTS) is 1. The van der Waals surface area contributed by atoms with Crippen LogP contribution in [0.5, 0.6) is 0 Å². The molecule has 0 aliphatic rings. The number of halogens is 1. The Morgan fingerprint density at radius 2 is 2.23 bits per heavy atom. The fraction of sp³-hybridized carbons (Fsp3) is 0.133. The Balaban J connectivity index is 2.29. The summed E-state index contributed by atoms with van der Waals surface area (Å²) >= 11 is 6.26. The molecule has 3 aromatic rings. The fourth-order valence-corrected chi connectivity index (χ4v) is 2.72. The average molecular weight is 317 g/mol. The summed E-state index contributed by atoms with van der Waals surface area (Å²) in [7, 11) is 1.79. The Hall–Kier alpha value is -2.60. The third-order valence-electron chi connectivity index (χ3n) is 3.37. The van der Waals surface area contributed by atoms with Gasteiger partial charge in [0.15, 0.2) is 0 Å². The molecule has 0 bridgehead atoms. The van der Waals surface area contributed by atoms with E-state index in [0.29, 0.717) is 22.1 Å². The number of carbonyl (C=O) groups is 1. The van der Waals surface area contributed by atoms with Crippen LogP contribution in [-0.4, -0.2) is 30.4 Å². The van der Waals surface area contributed by atoms with E-state index in [1.165, 1.54) is 6.08 Å². The molecule has 22 heavy (non-hydrogen) atoms. The molecule has 7 heteroatoms. The van der Waals surface area contributed by atoms with Crippen LogP contribution in [-0.2, 0) is 11.8 Å². The summed E-state index contributed by atoms with van der Waals surface area (Å²) in [5.41, 5.74) is 2.13. The van der Waals surface area contributed by atoms with Crippen LogP contribution >= 0.6 is 11.6 Å². The Morgan fingerprint density at radius 3 is 2.95 bits per heavy atom. The molecule has 1 N–H and O–H groups in total. The highest BCUT2D eigenvalue weighted by Crippen LogP contribution is 2.29. The van der Waals surface area contributed by atoms with Crippen LogP contribution in [0.25, 0.3) is 22.9 Å². The lowest BCUT2D eigenvalue weighted by atomic mass is 10.2. The first-order valence-corrected chi connectivity index (χ1v) is 6.93. The van der Waals surface area contributed by atoms with Crippen LogP contribution < -0.4 is 0 Å². The average Bonchev–Trinajstić information content (AvgIpc) is 2.94. The second-order valence-corrected chi connectivity index (χ2v) is 5.25. The van der Waals surface area contributed by atoms with Crippen LogP contribution in [0.4, 0.5) is 0 Å². The quantitative estimate of drug-likeness (QED) is 0.754. The van der Waals surface area contributed by atoms with Crippen molar-refractivity contribution in [2.45, 2.75) is 6.92 Å². The molecule has 3 aromatic heterocycles. The minimum Gasteiger partial charge on any atom is -0.478 e. The maximum absolute atomic E-state index is 10.8. The number of aromatic nitrogens is 4. The van der Waals surface area contributed by atoms with Gasteiger partial charge in [-0.25, -0.2) is 9.78 Å². The van der Waals surface area contributed by atoms with Gasteiger partial charge in [0, 0.05) is 36.5 Å². The molecule has 0 atom stereocenters. The molecule has 112 valence electrons. The minimum atomic E-state index is -1.01. The van der Waals surface area contributed by atoms with Crippen molar-refractivity contribution in [1.82, 2.24) is 19.3 Å². The van der Waals surface area contributed by atoms with Crippen LogP contribution in [0.3, 0.4) is 0 Å². The molecular weight excluding hydrogens is 304 g/mol. The van der Waals surface area contributed by atoms with E-state index in [1.54, 1.807) is 24.1 Å². The zero-order valence-electron chi connectivity index (χ0n) is 12.0. The van der Waals surface area contributed by atoms with Crippen LogP contribution in [0.2, 0.25) is 5.02 Å². The molecule has 0 unspecified atom stereocenters. The summed E-state index contributed by atoms with van der Waals surface area (Å²) in [6, 6.07) is 3.70. The number of aliphatic carboxylic acids is 1. The topological polar surface area (TPSA) is 72.9 Å². The molecule has 3 heterocycles. The maximum atomic E-state index is 10.8. The van der Waals surface area contributed by atoms with Gasteiger partial charge in [-0.2, -0.15) is 5.10 Å². The molecule has 6 nitrogen and oxygen atoms in total. The highest BCUT2D eigenvalue weighted by atomic mass is 35.5. The maximum Gasteiger partial charge on any atom is 0.328 e. The summed E-state index contributed by atoms with van der Waals surface area (Å²) in [5, 5.41) is 14.6. The van der Waals surface area contributed by atoms with Gasteiger partial charge in [-0.1, -0.05) is 11.6 Å². The predicted octanol–water partition coefficient (Wildman–Crippen LogP) is 2.82. The summed E-state index contributed by atoms with van der Waals surface area (Å²) in [6.45, 7) is 1.83. The van der Waals surface area contributed by atoms with Crippen molar-refractivity contribution in [1.29, 1.82) is 0 Å². The zero-order chi connectivity index (χ0) is 15.9. The number of nitrogens with zero attached hydrogens (tertiary/aromatic N) is 4. The summed E-state index contributed by atoms with van der Waals surface area (Å²) in [4.78, 5) is 15.2. The third kappa shape index (κ3) is 2.27. The Labute approximate surface area is 131 Å². The van der Waals surface area contributed by atoms with Gasteiger partial charge in [-0.05, 0) is 25.1 Å². The van der Waals surface area contributed by atoms with Gasteiger partial charge in [0.25, 0.3) is 0 Å². The molecule has 3 rings (SSSR count). The van der Waals surface area contributed by atoms with E-state index in [1.807, 2.05) is 23.6 Å². The van der Waals surface area contributed by atoms with Crippen LogP contribution in [0, 0.1) is 6.92 Å². The van der Waals surface area contributed by atoms with E-state index in [0.717, 1.165) is 17.2 Å². The third-order valence-corrected chi connectivity index (χ3v) is 3.67. The van der Waals surface area contributed by atoms with E-state index in [4.69, 9.17) is 16.7 Å². The second kappa shape index (κ2) is 5.31. The van der Waals surface area contributed by atoms with Gasteiger partial charge in [0.1, 0.15) is 11.5 Å². The first-order valence-electron chi connectivity index (χ1n) is 6.55. The molecule has 0 saturated carbocycles. The zero-order valence-corrected chi connectivity index (χ0v) is 12.7. The van der Waals surface area contributed by atoms with E-state index < -0.39 is 5.97 Å². The lowest BCUT2D eigenvalue weighted by molar-refractivity contribution is -0.131. The molecule has 0 aliphatic heterocycles. The van der Waals surface area contributed by atoms with E-state index in [-0.39, 0.29) is 0 Å². The fourth-order valence-electron chi connectivity index (χ4n) is 2.48. The largest absolute Gasteiger partial charge is 0.478 e. The Bertz CT molecular complexity index is 908. The molecule has 0 radical (unpaired) electrons. The monoisotopic (exact) mass is 316 g/mol. The number of hydrogen-bond acceptors (Lipinski definition) is 3. The van der Waals surface area contributed by atoms with Crippen molar-refractivity contribution < 1.29 is 9.90 Å². The van der Waals surface area contributed by atoms with Crippen molar-refractivity contribution in [2.24, 2.45) is 7.05 Å². The molecular formula is C15H13ClN4O2. The number of rotatable bonds is 3. The Kier molecular flexibility index (Phi) is 3.46. The van der Waals surface area contributed by atoms with Crippen molar-refractivity contribution in [3.8, 4) is 5.82 Å². The van der Waals surface area contributed by atoms with Gasteiger partial charge in [0.05, 0.1) is 10.7 Å². The van der Waals surface area contributed by atoms with E-state index in [9.17, 15) is 4.79 Å².